The normalized spacial score (nSPS) is 9.64. The Balaban J connectivity index is 3.21. The van der Waals surface area contributed by atoms with Gasteiger partial charge in [-0.3, -0.25) is 0 Å². The van der Waals surface area contributed by atoms with Crippen molar-refractivity contribution in [3.8, 4) is 5.75 Å². The summed E-state index contributed by atoms with van der Waals surface area (Å²) in [5, 5.41) is 0. The maximum absolute atomic E-state index is 5.57. The van der Waals surface area contributed by atoms with Crippen LogP contribution < -0.4 is 16.2 Å². The van der Waals surface area contributed by atoms with E-state index in [1.165, 1.54) is 0 Å². The number of nitrogen functional groups attached to an aromatic ring is 2. The van der Waals surface area contributed by atoms with E-state index in [2.05, 4.69) is 15.9 Å². The van der Waals surface area contributed by atoms with Gasteiger partial charge in [-0.1, -0.05) is 0 Å². The fourth-order valence-electron chi connectivity index (χ4n) is 0.766. The van der Waals surface area contributed by atoms with Gasteiger partial charge in [0.05, 0.1) is 12.8 Å². The van der Waals surface area contributed by atoms with E-state index in [1.54, 1.807) is 19.2 Å². The number of anilines is 2. The van der Waals surface area contributed by atoms with Crippen LogP contribution in [-0.2, 0) is 0 Å². The van der Waals surface area contributed by atoms with E-state index in [1.807, 2.05) is 0 Å². The van der Waals surface area contributed by atoms with Crippen molar-refractivity contribution in [3.05, 3.63) is 16.6 Å². The predicted molar refractivity (Wildman–Crippen MR) is 49.5 cm³/mol. The Kier molecular flexibility index (Phi) is 2.24. The minimum Gasteiger partial charge on any atom is -0.495 e. The number of halogens is 1. The molecule has 4 N–H and O–H groups in total. The molecule has 0 amide bonds. The Labute approximate surface area is 73.5 Å². The van der Waals surface area contributed by atoms with Crippen molar-refractivity contribution in [2.24, 2.45) is 0 Å². The molecule has 0 aliphatic carbocycles. The molecular weight excluding hydrogens is 208 g/mol. The molecular formula is C7H9BrN2O. The average molecular weight is 217 g/mol. The van der Waals surface area contributed by atoms with Gasteiger partial charge in [0, 0.05) is 10.2 Å². The molecule has 0 saturated carbocycles. The minimum atomic E-state index is 0.549. The third-order valence-electron chi connectivity index (χ3n) is 1.35. The fraction of sp³-hybridized carbons (Fsp3) is 0.143. The summed E-state index contributed by atoms with van der Waals surface area (Å²) in [4.78, 5) is 0. The highest BCUT2D eigenvalue weighted by Crippen LogP contribution is 2.30. The molecule has 0 fully saturated rings. The fourth-order valence-corrected chi connectivity index (χ4v) is 1.09. The van der Waals surface area contributed by atoms with Gasteiger partial charge in [0.1, 0.15) is 5.75 Å². The Bertz CT molecular complexity index is 275. The van der Waals surface area contributed by atoms with Crippen LogP contribution >= 0.6 is 15.9 Å². The van der Waals surface area contributed by atoms with E-state index in [0.29, 0.717) is 17.1 Å². The summed E-state index contributed by atoms with van der Waals surface area (Å²) in [6.07, 6.45) is 0. The van der Waals surface area contributed by atoms with Crippen LogP contribution in [0.5, 0.6) is 5.75 Å². The summed E-state index contributed by atoms with van der Waals surface area (Å²) in [6.45, 7) is 0. The predicted octanol–water partition coefficient (Wildman–Crippen LogP) is 1.62. The first-order valence-corrected chi connectivity index (χ1v) is 3.83. The Hall–Kier alpha value is -0.900. The lowest BCUT2D eigenvalue weighted by Gasteiger charge is -2.06. The average Bonchev–Trinajstić information content (AvgIpc) is 1.97. The van der Waals surface area contributed by atoms with Crippen molar-refractivity contribution < 1.29 is 4.74 Å². The van der Waals surface area contributed by atoms with Crippen LogP contribution in [0.1, 0.15) is 0 Å². The zero-order chi connectivity index (χ0) is 8.43. The highest BCUT2D eigenvalue weighted by molar-refractivity contribution is 9.10. The first kappa shape index (κ1) is 8.20. The molecule has 60 valence electrons. The summed E-state index contributed by atoms with van der Waals surface area (Å²) >= 11 is 3.26. The van der Waals surface area contributed by atoms with E-state index in [0.717, 1.165) is 4.47 Å². The molecule has 0 bridgehead atoms. The largest absolute Gasteiger partial charge is 0.495 e. The van der Waals surface area contributed by atoms with Crippen LogP contribution in [-0.4, -0.2) is 7.11 Å². The van der Waals surface area contributed by atoms with Gasteiger partial charge >= 0.3 is 0 Å². The second kappa shape index (κ2) is 3.00. The second-order valence-corrected chi connectivity index (χ2v) is 2.97. The summed E-state index contributed by atoms with van der Waals surface area (Å²) in [6, 6.07) is 3.40. The van der Waals surface area contributed by atoms with Gasteiger partial charge in [-0.25, -0.2) is 0 Å². The maximum Gasteiger partial charge on any atom is 0.143 e. The van der Waals surface area contributed by atoms with Crippen molar-refractivity contribution in [1.82, 2.24) is 0 Å². The third kappa shape index (κ3) is 1.57. The first-order chi connectivity index (χ1) is 5.15. The van der Waals surface area contributed by atoms with Crippen molar-refractivity contribution in [1.29, 1.82) is 0 Å². The van der Waals surface area contributed by atoms with Gasteiger partial charge in [0.15, 0.2) is 0 Å². The lowest BCUT2D eigenvalue weighted by Crippen LogP contribution is -1.95. The first-order valence-electron chi connectivity index (χ1n) is 3.03. The van der Waals surface area contributed by atoms with Gasteiger partial charge < -0.3 is 16.2 Å². The topological polar surface area (TPSA) is 61.3 Å². The summed E-state index contributed by atoms with van der Waals surface area (Å²) in [7, 11) is 1.56. The molecule has 1 aromatic rings. The third-order valence-corrected chi connectivity index (χ3v) is 2.04. The number of methoxy groups -OCH3 is 1. The van der Waals surface area contributed by atoms with E-state index in [-0.39, 0.29) is 0 Å². The number of hydrogen-bond donors (Lipinski definition) is 2. The number of rotatable bonds is 1. The van der Waals surface area contributed by atoms with E-state index in [9.17, 15) is 0 Å². The smallest absolute Gasteiger partial charge is 0.143 e. The van der Waals surface area contributed by atoms with Crippen LogP contribution in [0, 0.1) is 0 Å². The lowest BCUT2D eigenvalue weighted by molar-refractivity contribution is 0.417. The highest BCUT2D eigenvalue weighted by Gasteiger charge is 2.02. The summed E-state index contributed by atoms with van der Waals surface area (Å²) in [5.41, 5.74) is 12.3. The summed E-state index contributed by atoms with van der Waals surface area (Å²) in [5.74, 6) is 0.631. The van der Waals surface area contributed by atoms with Gasteiger partial charge in [-0.15, -0.1) is 0 Å². The van der Waals surface area contributed by atoms with Crippen molar-refractivity contribution in [2.45, 2.75) is 0 Å². The van der Waals surface area contributed by atoms with Crippen LogP contribution in [0.3, 0.4) is 0 Å². The minimum absolute atomic E-state index is 0.549. The molecule has 11 heavy (non-hydrogen) atoms. The molecule has 4 heteroatoms. The second-order valence-electron chi connectivity index (χ2n) is 2.12. The van der Waals surface area contributed by atoms with Gasteiger partial charge in [0.2, 0.25) is 0 Å². The molecule has 0 aromatic heterocycles. The monoisotopic (exact) mass is 216 g/mol. The van der Waals surface area contributed by atoms with Crippen LogP contribution in [0.2, 0.25) is 0 Å². The number of nitrogens with two attached hydrogens (primary N) is 2. The van der Waals surface area contributed by atoms with Crippen LogP contribution in [0.25, 0.3) is 0 Å². The SMILES string of the molecule is COc1cc(Br)c(N)cc1N. The molecule has 1 rings (SSSR count). The molecule has 0 unspecified atom stereocenters. The van der Waals surface area contributed by atoms with Crippen molar-refractivity contribution >= 4 is 27.3 Å². The van der Waals surface area contributed by atoms with Gasteiger partial charge in [-0.05, 0) is 28.1 Å². The molecule has 0 saturated heterocycles. The molecule has 0 atom stereocenters. The van der Waals surface area contributed by atoms with Gasteiger partial charge in [0.25, 0.3) is 0 Å². The van der Waals surface area contributed by atoms with E-state index < -0.39 is 0 Å². The Morgan fingerprint density at radius 3 is 2.45 bits per heavy atom. The van der Waals surface area contributed by atoms with Crippen LogP contribution in [0.4, 0.5) is 11.4 Å². The summed E-state index contributed by atoms with van der Waals surface area (Å²) < 4.78 is 5.77. The van der Waals surface area contributed by atoms with E-state index in [4.69, 9.17) is 16.2 Å². The zero-order valence-electron chi connectivity index (χ0n) is 6.10. The molecule has 0 radical (unpaired) electrons. The lowest BCUT2D eigenvalue weighted by atomic mass is 10.2. The molecule has 3 nitrogen and oxygen atoms in total. The quantitative estimate of drug-likeness (QED) is 0.702. The highest BCUT2D eigenvalue weighted by atomic mass is 79.9. The van der Waals surface area contributed by atoms with E-state index >= 15 is 0 Å². The molecule has 0 aliphatic heterocycles. The van der Waals surface area contributed by atoms with Gasteiger partial charge in [-0.2, -0.15) is 0 Å². The van der Waals surface area contributed by atoms with Crippen molar-refractivity contribution in [3.63, 3.8) is 0 Å². The van der Waals surface area contributed by atoms with Crippen molar-refractivity contribution in [2.75, 3.05) is 18.6 Å². The molecule has 0 heterocycles. The standard InChI is InChI=1S/C7H9BrN2O/c1-11-7-2-4(8)5(9)3-6(7)10/h2-3H,9-10H2,1H3. The number of benzene rings is 1. The van der Waals surface area contributed by atoms with Crippen LogP contribution in [0.15, 0.2) is 16.6 Å². The zero-order valence-corrected chi connectivity index (χ0v) is 7.68. The molecule has 1 aromatic carbocycles. The number of hydrogen-bond acceptors (Lipinski definition) is 3. The Morgan fingerprint density at radius 1 is 1.27 bits per heavy atom. The molecule has 0 aliphatic rings. The maximum atomic E-state index is 5.57. The number of ether oxygens (including phenoxy) is 1. The Morgan fingerprint density at radius 2 is 1.91 bits per heavy atom. The molecule has 0 spiro atoms.